The van der Waals surface area contributed by atoms with Crippen molar-refractivity contribution in [2.75, 3.05) is 26.0 Å². The minimum absolute atomic E-state index is 0.175. The van der Waals surface area contributed by atoms with Crippen LogP contribution >= 0.6 is 24.0 Å². The summed E-state index contributed by atoms with van der Waals surface area (Å²) in [6.45, 7) is 3.73. The first-order valence-corrected chi connectivity index (χ1v) is 4.83. The zero-order chi connectivity index (χ0) is 7.98. The molecule has 0 unspecified atom stereocenters. The molecule has 0 aliphatic heterocycles. The third-order valence-electron chi connectivity index (χ3n) is 1.18. The average Bonchev–Trinajstić information content (AvgIpc) is 1.99. The minimum atomic E-state index is 0.175. The van der Waals surface area contributed by atoms with Gasteiger partial charge in [-0.15, -0.1) is 11.8 Å². The molecule has 0 saturated carbocycles. The fourth-order valence-corrected chi connectivity index (χ4v) is 1.33. The van der Waals surface area contributed by atoms with E-state index in [4.69, 9.17) is 17.3 Å². The third-order valence-corrected chi connectivity index (χ3v) is 2.55. The Kier molecular flexibility index (Phi) is 6.06. The molecule has 0 aliphatic rings. The topological polar surface area (TPSA) is 23.5 Å². The maximum atomic E-state index is 8.60. The fourth-order valence-electron chi connectivity index (χ4n) is 0.628. The number of likely N-dealkylation sites (N-methyl/N-ethyl adjacent to an activating group) is 1. The Morgan fingerprint density at radius 2 is 2.30 bits per heavy atom. The molecular formula is C6H13NOS2. The van der Waals surface area contributed by atoms with Crippen molar-refractivity contribution >= 4 is 28.3 Å². The summed E-state index contributed by atoms with van der Waals surface area (Å²) in [5.74, 6) is 0. The summed E-state index contributed by atoms with van der Waals surface area (Å²) in [6.07, 6.45) is 1.95. The summed E-state index contributed by atoms with van der Waals surface area (Å²) in [6, 6.07) is 0. The lowest BCUT2D eigenvalue weighted by Crippen LogP contribution is -2.29. The number of aliphatic hydroxyl groups is 1. The van der Waals surface area contributed by atoms with Crippen LogP contribution in [0, 0.1) is 0 Å². The summed E-state index contributed by atoms with van der Waals surface area (Å²) in [7, 11) is 0. The van der Waals surface area contributed by atoms with E-state index in [0.29, 0.717) is 6.54 Å². The van der Waals surface area contributed by atoms with Gasteiger partial charge < -0.3 is 10.0 Å². The second-order valence-electron chi connectivity index (χ2n) is 1.77. The van der Waals surface area contributed by atoms with Gasteiger partial charge in [-0.3, -0.25) is 0 Å². The van der Waals surface area contributed by atoms with E-state index in [-0.39, 0.29) is 6.61 Å². The Bertz CT molecular complexity index is 108. The van der Waals surface area contributed by atoms with E-state index in [0.717, 1.165) is 10.9 Å². The van der Waals surface area contributed by atoms with Gasteiger partial charge in [-0.2, -0.15) is 0 Å². The van der Waals surface area contributed by atoms with E-state index in [1.807, 2.05) is 18.1 Å². The maximum Gasteiger partial charge on any atom is 0.136 e. The van der Waals surface area contributed by atoms with Crippen LogP contribution in [-0.2, 0) is 0 Å². The van der Waals surface area contributed by atoms with Crippen LogP contribution < -0.4 is 0 Å². The molecule has 0 fully saturated rings. The van der Waals surface area contributed by atoms with Crippen LogP contribution in [0.2, 0.25) is 0 Å². The van der Waals surface area contributed by atoms with E-state index >= 15 is 0 Å². The molecule has 0 bridgehead atoms. The molecule has 0 amide bonds. The second-order valence-corrected chi connectivity index (χ2v) is 3.21. The monoisotopic (exact) mass is 179 g/mol. The highest BCUT2D eigenvalue weighted by Gasteiger charge is 2.03. The molecule has 0 spiro atoms. The lowest BCUT2D eigenvalue weighted by Gasteiger charge is -2.20. The fraction of sp³-hybridized carbons (Fsp3) is 0.833. The summed E-state index contributed by atoms with van der Waals surface area (Å²) < 4.78 is 0.858. The Morgan fingerprint density at radius 1 is 1.70 bits per heavy atom. The molecule has 0 radical (unpaired) electrons. The Hall–Kier alpha value is 0.200. The van der Waals surface area contributed by atoms with E-state index in [1.54, 1.807) is 11.8 Å². The van der Waals surface area contributed by atoms with Gasteiger partial charge in [0.05, 0.1) is 6.61 Å². The predicted octanol–water partition coefficient (Wildman–Crippen LogP) is 0.948. The summed E-state index contributed by atoms with van der Waals surface area (Å²) >= 11 is 6.56. The van der Waals surface area contributed by atoms with Gasteiger partial charge in [0, 0.05) is 13.1 Å². The molecule has 1 N–H and O–H groups in total. The zero-order valence-corrected chi connectivity index (χ0v) is 7.97. The van der Waals surface area contributed by atoms with Crippen molar-refractivity contribution < 1.29 is 5.11 Å². The molecule has 2 nitrogen and oxygen atoms in total. The van der Waals surface area contributed by atoms with E-state index < -0.39 is 0 Å². The minimum Gasteiger partial charge on any atom is -0.395 e. The zero-order valence-electron chi connectivity index (χ0n) is 6.33. The van der Waals surface area contributed by atoms with Gasteiger partial charge in [0.1, 0.15) is 4.32 Å². The quantitative estimate of drug-likeness (QED) is 0.652. The maximum absolute atomic E-state index is 8.60. The molecule has 0 heterocycles. The Morgan fingerprint density at radius 3 is 2.60 bits per heavy atom. The molecule has 0 saturated heterocycles. The van der Waals surface area contributed by atoms with E-state index in [9.17, 15) is 0 Å². The summed E-state index contributed by atoms with van der Waals surface area (Å²) in [5, 5.41) is 8.60. The van der Waals surface area contributed by atoms with Crippen LogP contribution in [0.3, 0.4) is 0 Å². The largest absolute Gasteiger partial charge is 0.395 e. The normalized spacial score (nSPS) is 9.50. The van der Waals surface area contributed by atoms with Crippen LogP contribution in [0.4, 0.5) is 0 Å². The van der Waals surface area contributed by atoms with Gasteiger partial charge in [0.2, 0.25) is 0 Å². The van der Waals surface area contributed by atoms with Crippen LogP contribution in [0.5, 0.6) is 0 Å². The summed E-state index contributed by atoms with van der Waals surface area (Å²) in [5.41, 5.74) is 0. The van der Waals surface area contributed by atoms with Crippen LogP contribution in [0.25, 0.3) is 0 Å². The van der Waals surface area contributed by atoms with Crippen LogP contribution in [-0.4, -0.2) is 40.3 Å². The number of aliphatic hydroxyl groups excluding tert-OH is 1. The number of rotatable bonds is 3. The van der Waals surface area contributed by atoms with E-state index in [1.165, 1.54) is 0 Å². The average molecular weight is 179 g/mol. The van der Waals surface area contributed by atoms with E-state index in [2.05, 4.69) is 0 Å². The van der Waals surface area contributed by atoms with Crippen LogP contribution in [0.15, 0.2) is 0 Å². The second kappa shape index (κ2) is 5.95. The van der Waals surface area contributed by atoms with Gasteiger partial charge in [-0.05, 0) is 13.2 Å². The third kappa shape index (κ3) is 3.39. The van der Waals surface area contributed by atoms with Crippen molar-refractivity contribution in [3.63, 3.8) is 0 Å². The van der Waals surface area contributed by atoms with Gasteiger partial charge in [-0.25, -0.2) is 0 Å². The highest BCUT2D eigenvalue weighted by atomic mass is 32.2. The van der Waals surface area contributed by atoms with Crippen molar-refractivity contribution in [1.29, 1.82) is 0 Å². The van der Waals surface area contributed by atoms with Crippen molar-refractivity contribution in [1.82, 2.24) is 4.90 Å². The highest BCUT2D eigenvalue weighted by molar-refractivity contribution is 8.22. The predicted molar refractivity (Wildman–Crippen MR) is 50.4 cm³/mol. The van der Waals surface area contributed by atoms with Gasteiger partial charge in [0.25, 0.3) is 0 Å². The molecule has 0 aromatic rings. The first-order chi connectivity index (χ1) is 4.76. The number of hydrogen-bond donors (Lipinski definition) is 1. The van der Waals surface area contributed by atoms with Crippen molar-refractivity contribution in [3.8, 4) is 0 Å². The molecule has 4 heteroatoms. The number of thioether (sulfide) groups is 1. The molecule has 0 atom stereocenters. The SMILES string of the molecule is CCN(CCO)C(=S)SC. The van der Waals surface area contributed by atoms with Gasteiger partial charge in [-0.1, -0.05) is 12.2 Å². The summed E-state index contributed by atoms with van der Waals surface area (Å²) in [4.78, 5) is 1.97. The lowest BCUT2D eigenvalue weighted by atomic mass is 10.5. The first-order valence-electron chi connectivity index (χ1n) is 3.20. The van der Waals surface area contributed by atoms with Crippen molar-refractivity contribution in [2.45, 2.75) is 6.92 Å². The van der Waals surface area contributed by atoms with Gasteiger partial charge in [0.15, 0.2) is 0 Å². The Labute approximate surface area is 71.6 Å². The smallest absolute Gasteiger partial charge is 0.136 e. The highest BCUT2D eigenvalue weighted by Crippen LogP contribution is 2.03. The van der Waals surface area contributed by atoms with Crippen LogP contribution in [0.1, 0.15) is 6.92 Å². The first kappa shape index (κ1) is 10.2. The molecule has 0 aliphatic carbocycles. The molecule has 60 valence electrons. The molecule has 0 aromatic heterocycles. The molecular weight excluding hydrogens is 166 g/mol. The van der Waals surface area contributed by atoms with Crippen molar-refractivity contribution in [3.05, 3.63) is 0 Å². The Balaban J connectivity index is 3.68. The molecule has 0 rings (SSSR count). The standard InChI is InChI=1S/C6H13NOS2/c1-3-7(4-5-8)6(9)10-2/h8H,3-5H2,1-2H3. The van der Waals surface area contributed by atoms with Crippen molar-refractivity contribution in [2.24, 2.45) is 0 Å². The number of nitrogens with zero attached hydrogens (tertiary/aromatic N) is 1. The lowest BCUT2D eigenvalue weighted by molar-refractivity contribution is 0.256. The van der Waals surface area contributed by atoms with Gasteiger partial charge >= 0.3 is 0 Å². The number of hydrogen-bond acceptors (Lipinski definition) is 3. The molecule has 10 heavy (non-hydrogen) atoms. The number of thiocarbonyl (C=S) groups is 1. The molecule has 0 aromatic carbocycles.